The predicted octanol–water partition coefficient (Wildman–Crippen LogP) is 2.01. The number of nitrogens with zero attached hydrogens (tertiary/aromatic N) is 3. The number of carbonyl (C=O) groups excluding carboxylic acids is 1. The molecule has 2 aromatic heterocycles. The summed E-state index contributed by atoms with van der Waals surface area (Å²) in [5.74, 6) is 0.365. The van der Waals surface area contributed by atoms with Gasteiger partial charge in [0.2, 0.25) is 0 Å². The highest BCUT2D eigenvalue weighted by atomic mass is 16.5. The minimum Gasteiger partial charge on any atom is -0.390 e. The van der Waals surface area contributed by atoms with Crippen LogP contribution in [-0.4, -0.2) is 51.0 Å². The number of ether oxygens (including phenoxy) is 1. The van der Waals surface area contributed by atoms with Gasteiger partial charge in [-0.1, -0.05) is 35.5 Å². The van der Waals surface area contributed by atoms with Gasteiger partial charge in [0.1, 0.15) is 11.8 Å². The molecule has 1 saturated heterocycles. The molecule has 0 bridgehead atoms. The van der Waals surface area contributed by atoms with Gasteiger partial charge in [0.05, 0.1) is 24.1 Å². The van der Waals surface area contributed by atoms with Gasteiger partial charge in [0.15, 0.2) is 5.76 Å². The van der Waals surface area contributed by atoms with Gasteiger partial charge in [-0.2, -0.15) is 0 Å². The zero-order valence-corrected chi connectivity index (χ0v) is 15.8. The molecule has 8 nitrogen and oxygen atoms in total. The van der Waals surface area contributed by atoms with Crippen LogP contribution in [0.1, 0.15) is 29.0 Å². The molecule has 8 heteroatoms. The fourth-order valence-electron chi connectivity index (χ4n) is 3.36. The van der Waals surface area contributed by atoms with Crippen LogP contribution in [0.3, 0.4) is 0 Å². The summed E-state index contributed by atoms with van der Waals surface area (Å²) >= 11 is 0. The Morgan fingerprint density at radius 3 is 2.86 bits per heavy atom. The largest absolute Gasteiger partial charge is 0.390 e. The van der Waals surface area contributed by atoms with Crippen LogP contribution in [-0.2, 0) is 11.2 Å². The van der Waals surface area contributed by atoms with Crippen molar-refractivity contribution in [2.24, 2.45) is 0 Å². The number of rotatable bonds is 6. The van der Waals surface area contributed by atoms with E-state index >= 15 is 0 Å². The molecule has 0 saturated carbocycles. The van der Waals surface area contributed by atoms with Crippen molar-refractivity contribution in [2.45, 2.75) is 37.6 Å². The van der Waals surface area contributed by atoms with Crippen LogP contribution >= 0.6 is 0 Å². The van der Waals surface area contributed by atoms with E-state index in [-0.39, 0.29) is 24.2 Å². The topological polar surface area (TPSA) is 110 Å². The molecule has 0 spiro atoms. The number of aliphatic hydroxyl groups is 1. The zero-order chi connectivity index (χ0) is 20.1. The number of hydrogen-bond donors (Lipinski definition) is 2. The summed E-state index contributed by atoms with van der Waals surface area (Å²) in [5.41, 5.74) is 1.99. The monoisotopic (exact) mass is 394 g/mol. The second-order valence-corrected chi connectivity index (χ2v) is 6.99. The second kappa shape index (κ2) is 8.93. The Morgan fingerprint density at radius 1 is 1.21 bits per heavy atom. The van der Waals surface area contributed by atoms with Crippen molar-refractivity contribution in [3.05, 3.63) is 66.4 Å². The Balaban J connectivity index is 1.33. The molecule has 0 radical (unpaired) electrons. The van der Waals surface area contributed by atoms with Crippen molar-refractivity contribution in [1.82, 2.24) is 20.4 Å². The lowest BCUT2D eigenvalue weighted by molar-refractivity contribution is -0.114. The van der Waals surface area contributed by atoms with Gasteiger partial charge in [0.25, 0.3) is 5.91 Å². The van der Waals surface area contributed by atoms with E-state index in [2.05, 4.69) is 20.4 Å². The van der Waals surface area contributed by atoms with Crippen molar-refractivity contribution < 1.29 is 19.2 Å². The molecule has 3 atom stereocenters. The number of aromatic nitrogens is 3. The van der Waals surface area contributed by atoms with E-state index in [1.165, 1.54) is 18.6 Å². The van der Waals surface area contributed by atoms with Crippen LogP contribution in [0.15, 0.2) is 59.5 Å². The molecule has 3 heterocycles. The SMILES string of the molecule is O=C(NC[C@H]1O[C@H](Cc2cc(-c3ccccc3)on2)CC[C@@H]1O)c1cnccn1. The van der Waals surface area contributed by atoms with Crippen LogP contribution in [0.5, 0.6) is 0 Å². The molecule has 2 N–H and O–H groups in total. The van der Waals surface area contributed by atoms with E-state index in [9.17, 15) is 9.90 Å². The summed E-state index contributed by atoms with van der Waals surface area (Å²) in [6.45, 7) is 0.196. The lowest BCUT2D eigenvalue weighted by Crippen LogP contribution is -2.46. The van der Waals surface area contributed by atoms with Gasteiger partial charge in [-0.15, -0.1) is 0 Å². The number of benzene rings is 1. The smallest absolute Gasteiger partial charge is 0.271 e. The highest BCUT2D eigenvalue weighted by Gasteiger charge is 2.31. The molecule has 1 aliphatic heterocycles. The molecule has 0 unspecified atom stereocenters. The van der Waals surface area contributed by atoms with Gasteiger partial charge >= 0.3 is 0 Å². The van der Waals surface area contributed by atoms with E-state index in [0.29, 0.717) is 25.0 Å². The summed E-state index contributed by atoms with van der Waals surface area (Å²) in [6, 6.07) is 11.7. The highest BCUT2D eigenvalue weighted by Crippen LogP contribution is 2.25. The van der Waals surface area contributed by atoms with Gasteiger partial charge in [-0.25, -0.2) is 4.98 Å². The first kappa shape index (κ1) is 19.2. The fourth-order valence-corrected chi connectivity index (χ4v) is 3.36. The van der Waals surface area contributed by atoms with E-state index in [4.69, 9.17) is 9.26 Å². The maximum atomic E-state index is 12.1. The van der Waals surface area contributed by atoms with Gasteiger partial charge in [-0.05, 0) is 12.8 Å². The van der Waals surface area contributed by atoms with Crippen LogP contribution < -0.4 is 5.32 Å². The predicted molar refractivity (Wildman–Crippen MR) is 104 cm³/mol. The van der Waals surface area contributed by atoms with Gasteiger partial charge < -0.3 is 19.7 Å². The minimum atomic E-state index is -0.634. The molecular weight excluding hydrogens is 372 g/mol. The molecule has 3 aromatic rings. The van der Waals surface area contributed by atoms with Crippen LogP contribution in [0, 0.1) is 0 Å². The second-order valence-electron chi connectivity index (χ2n) is 6.99. The van der Waals surface area contributed by atoms with Crippen molar-refractivity contribution in [3.63, 3.8) is 0 Å². The zero-order valence-electron chi connectivity index (χ0n) is 15.8. The van der Waals surface area contributed by atoms with E-state index in [0.717, 1.165) is 11.3 Å². The summed E-state index contributed by atoms with van der Waals surface area (Å²) < 4.78 is 11.5. The Labute approximate surface area is 167 Å². The lowest BCUT2D eigenvalue weighted by Gasteiger charge is -2.33. The Morgan fingerprint density at radius 2 is 2.07 bits per heavy atom. The number of nitrogens with one attached hydrogen (secondary N) is 1. The summed E-state index contributed by atoms with van der Waals surface area (Å²) in [7, 11) is 0. The van der Waals surface area contributed by atoms with Crippen molar-refractivity contribution >= 4 is 5.91 Å². The molecule has 1 aliphatic rings. The van der Waals surface area contributed by atoms with Crippen molar-refractivity contribution in [1.29, 1.82) is 0 Å². The first-order valence-electron chi connectivity index (χ1n) is 9.58. The fraction of sp³-hybridized carbons (Fsp3) is 0.333. The summed E-state index contributed by atoms with van der Waals surface area (Å²) in [4.78, 5) is 20.0. The number of hydrogen-bond acceptors (Lipinski definition) is 7. The van der Waals surface area contributed by atoms with E-state index < -0.39 is 12.2 Å². The molecular formula is C21H22N4O4. The third-order valence-corrected chi connectivity index (χ3v) is 4.89. The normalized spacial score (nSPS) is 21.6. The summed E-state index contributed by atoms with van der Waals surface area (Å²) in [5, 5.41) is 17.1. The molecule has 1 fully saturated rings. The van der Waals surface area contributed by atoms with E-state index in [1.54, 1.807) is 0 Å². The number of carbonyl (C=O) groups is 1. The number of aliphatic hydroxyl groups excluding tert-OH is 1. The molecule has 4 rings (SSSR count). The molecule has 29 heavy (non-hydrogen) atoms. The lowest BCUT2D eigenvalue weighted by atomic mass is 9.98. The standard InChI is InChI=1S/C21H22N4O4/c26-18-7-6-16(10-15-11-19(29-25-15)14-4-2-1-3-5-14)28-20(18)13-24-21(27)17-12-22-8-9-23-17/h1-5,8-9,11-12,16,18,20,26H,6-7,10,13H2,(H,24,27)/t16-,18-,20+/m0/s1. The maximum Gasteiger partial charge on any atom is 0.271 e. The molecule has 1 amide bonds. The van der Waals surface area contributed by atoms with Gasteiger partial charge in [-0.3, -0.25) is 9.78 Å². The number of amides is 1. The minimum absolute atomic E-state index is 0.106. The average molecular weight is 394 g/mol. The maximum absolute atomic E-state index is 12.1. The van der Waals surface area contributed by atoms with Crippen LogP contribution in [0.2, 0.25) is 0 Å². The highest BCUT2D eigenvalue weighted by molar-refractivity contribution is 5.91. The summed E-state index contributed by atoms with van der Waals surface area (Å²) in [6.07, 6.45) is 5.01. The Bertz CT molecular complexity index is 932. The molecule has 150 valence electrons. The molecule has 0 aliphatic carbocycles. The van der Waals surface area contributed by atoms with Crippen molar-refractivity contribution in [3.8, 4) is 11.3 Å². The average Bonchev–Trinajstić information content (AvgIpc) is 3.23. The first-order chi connectivity index (χ1) is 14.2. The first-order valence-corrected chi connectivity index (χ1v) is 9.58. The van der Waals surface area contributed by atoms with Crippen molar-refractivity contribution in [2.75, 3.05) is 6.54 Å². The Hall–Kier alpha value is -3.10. The van der Waals surface area contributed by atoms with Gasteiger partial charge in [0, 0.05) is 37.0 Å². The van der Waals surface area contributed by atoms with Crippen LogP contribution in [0.4, 0.5) is 0 Å². The third kappa shape index (κ3) is 4.85. The quantitative estimate of drug-likeness (QED) is 0.658. The Kier molecular flexibility index (Phi) is 5.92. The van der Waals surface area contributed by atoms with Crippen LogP contribution in [0.25, 0.3) is 11.3 Å². The van der Waals surface area contributed by atoms with E-state index in [1.807, 2.05) is 36.4 Å². The molecule has 1 aromatic carbocycles. The third-order valence-electron chi connectivity index (χ3n) is 4.89.